The van der Waals surface area contributed by atoms with E-state index in [2.05, 4.69) is 36.3 Å². The zero-order valence-corrected chi connectivity index (χ0v) is 13.2. The molecular weight excluding hydrogens is 250 g/mol. The Morgan fingerprint density at radius 2 is 1.95 bits per heavy atom. The molecule has 0 amide bonds. The van der Waals surface area contributed by atoms with Gasteiger partial charge >= 0.3 is 0 Å². The SMILES string of the molecule is CCCNCCc1nnc(C2(CC(C)C)CCCC2)o1. The number of aromatic nitrogens is 2. The molecule has 1 fully saturated rings. The molecule has 1 aromatic heterocycles. The van der Waals surface area contributed by atoms with E-state index >= 15 is 0 Å². The van der Waals surface area contributed by atoms with E-state index < -0.39 is 0 Å². The summed E-state index contributed by atoms with van der Waals surface area (Å²) in [6.07, 6.45) is 8.17. The molecule has 0 bridgehead atoms. The van der Waals surface area contributed by atoms with Gasteiger partial charge in [-0.25, -0.2) is 0 Å². The summed E-state index contributed by atoms with van der Waals surface area (Å²) in [6, 6.07) is 0. The highest BCUT2D eigenvalue weighted by molar-refractivity contribution is 5.07. The van der Waals surface area contributed by atoms with Gasteiger partial charge in [-0.1, -0.05) is 33.6 Å². The maximum absolute atomic E-state index is 5.99. The monoisotopic (exact) mass is 279 g/mol. The average Bonchev–Trinajstić information content (AvgIpc) is 3.04. The molecule has 1 heterocycles. The van der Waals surface area contributed by atoms with Gasteiger partial charge in [0, 0.05) is 18.4 Å². The van der Waals surface area contributed by atoms with Gasteiger partial charge in [-0.2, -0.15) is 0 Å². The highest BCUT2D eigenvalue weighted by atomic mass is 16.4. The minimum absolute atomic E-state index is 0.163. The summed E-state index contributed by atoms with van der Waals surface area (Å²) in [6.45, 7) is 8.72. The lowest BCUT2D eigenvalue weighted by atomic mass is 9.78. The Labute approximate surface area is 122 Å². The Morgan fingerprint density at radius 3 is 2.60 bits per heavy atom. The molecule has 1 saturated carbocycles. The maximum atomic E-state index is 5.99. The van der Waals surface area contributed by atoms with E-state index in [1.165, 1.54) is 32.1 Å². The van der Waals surface area contributed by atoms with Crippen LogP contribution in [0.15, 0.2) is 4.42 Å². The summed E-state index contributed by atoms with van der Waals surface area (Å²) in [5.41, 5.74) is 0.163. The van der Waals surface area contributed by atoms with Gasteiger partial charge in [0.05, 0.1) is 0 Å². The van der Waals surface area contributed by atoms with Crippen LogP contribution >= 0.6 is 0 Å². The van der Waals surface area contributed by atoms with Gasteiger partial charge in [0.15, 0.2) is 0 Å². The lowest BCUT2D eigenvalue weighted by molar-refractivity contribution is 0.267. The van der Waals surface area contributed by atoms with Crippen molar-refractivity contribution in [3.63, 3.8) is 0 Å². The van der Waals surface area contributed by atoms with Gasteiger partial charge in [-0.15, -0.1) is 10.2 Å². The van der Waals surface area contributed by atoms with Crippen molar-refractivity contribution >= 4 is 0 Å². The first-order valence-electron chi connectivity index (χ1n) is 8.20. The van der Waals surface area contributed by atoms with Crippen molar-refractivity contribution < 1.29 is 4.42 Å². The van der Waals surface area contributed by atoms with Crippen molar-refractivity contribution in [1.82, 2.24) is 15.5 Å². The van der Waals surface area contributed by atoms with Crippen molar-refractivity contribution in [2.45, 2.75) is 71.1 Å². The van der Waals surface area contributed by atoms with Crippen LogP contribution in [0.2, 0.25) is 0 Å². The maximum Gasteiger partial charge on any atom is 0.222 e. The Morgan fingerprint density at radius 1 is 1.20 bits per heavy atom. The van der Waals surface area contributed by atoms with E-state index in [9.17, 15) is 0 Å². The molecule has 4 nitrogen and oxygen atoms in total. The quantitative estimate of drug-likeness (QED) is 0.740. The fraction of sp³-hybridized carbons (Fsp3) is 0.875. The first kappa shape index (κ1) is 15.5. The summed E-state index contributed by atoms with van der Waals surface area (Å²) < 4.78 is 5.99. The molecule has 0 unspecified atom stereocenters. The molecule has 0 aliphatic heterocycles. The molecule has 1 aliphatic carbocycles. The predicted octanol–water partition coefficient (Wildman–Crippen LogP) is 3.47. The van der Waals surface area contributed by atoms with E-state index in [1.807, 2.05) is 0 Å². The van der Waals surface area contributed by atoms with Gasteiger partial charge in [-0.3, -0.25) is 0 Å². The van der Waals surface area contributed by atoms with Crippen LogP contribution in [0.5, 0.6) is 0 Å². The van der Waals surface area contributed by atoms with Crippen molar-refractivity contribution in [2.24, 2.45) is 5.92 Å². The van der Waals surface area contributed by atoms with Gasteiger partial charge in [0.1, 0.15) is 0 Å². The van der Waals surface area contributed by atoms with Crippen LogP contribution < -0.4 is 5.32 Å². The van der Waals surface area contributed by atoms with Crippen LogP contribution in [0.1, 0.15) is 71.1 Å². The van der Waals surface area contributed by atoms with Crippen molar-refractivity contribution in [1.29, 1.82) is 0 Å². The molecule has 2 rings (SSSR count). The van der Waals surface area contributed by atoms with E-state index in [4.69, 9.17) is 4.42 Å². The Balaban J connectivity index is 1.98. The molecule has 0 spiro atoms. The lowest BCUT2D eigenvalue weighted by Gasteiger charge is -2.26. The molecule has 0 aromatic carbocycles. The van der Waals surface area contributed by atoms with Gasteiger partial charge in [0.25, 0.3) is 0 Å². The second kappa shape index (κ2) is 7.21. The molecule has 1 aromatic rings. The summed E-state index contributed by atoms with van der Waals surface area (Å²) in [5.74, 6) is 2.36. The first-order valence-corrected chi connectivity index (χ1v) is 8.20. The topological polar surface area (TPSA) is 51.0 Å². The van der Waals surface area contributed by atoms with E-state index in [-0.39, 0.29) is 5.41 Å². The summed E-state index contributed by atoms with van der Waals surface area (Å²) >= 11 is 0. The third-order valence-corrected chi connectivity index (χ3v) is 4.22. The predicted molar refractivity (Wildman–Crippen MR) is 80.8 cm³/mol. The van der Waals surface area contributed by atoms with Crippen LogP contribution in [0.4, 0.5) is 0 Å². The summed E-state index contributed by atoms with van der Waals surface area (Å²) in [5, 5.41) is 12.0. The number of rotatable bonds is 8. The number of hydrogen-bond donors (Lipinski definition) is 1. The average molecular weight is 279 g/mol. The molecule has 1 N–H and O–H groups in total. The van der Waals surface area contributed by atoms with Gasteiger partial charge in [-0.05, 0) is 38.1 Å². The lowest BCUT2D eigenvalue weighted by Crippen LogP contribution is -2.24. The number of nitrogens with zero attached hydrogens (tertiary/aromatic N) is 2. The van der Waals surface area contributed by atoms with E-state index in [1.54, 1.807) is 0 Å². The largest absolute Gasteiger partial charge is 0.425 e. The molecule has 1 aliphatic rings. The normalized spacial score (nSPS) is 18.0. The summed E-state index contributed by atoms with van der Waals surface area (Å²) in [4.78, 5) is 0. The third kappa shape index (κ3) is 3.81. The smallest absolute Gasteiger partial charge is 0.222 e. The first-order chi connectivity index (χ1) is 9.66. The highest BCUT2D eigenvalue weighted by Crippen LogP contribution is 2.44. The molecule has 0 radical (unpaired) electrons. The Kier molecular flexibility index (Phi) is 5.58. The second-order valence-electron chi connectivity index (χ2n) is 6.59. The number of nitrogens with one attached hydrogen (secondary N) is 1. The van der Waals surface area contributed by atoms with Crippen molar-refractivity contribution in [3.8, 4) is 0 Å². The van der Waals surface area contributed by atoms with Crippen LogP contribution in [0.3, 0.4) is 0 Å². The molecule has 4 heteroatoms. The molecule has 0 atom stereocenters. The minimum atomic E-state index is 0.163. The van der Waals surface area contributed by atoms with E-state index in [0.717, 1.165) is 37.7 Å². The van der Waals surface area contributed by atoms with Crippen molar-refractivity contribution in [2.75, 3.05) is 13.1 Å². The number of hydrogen-bond acceptors (Lipinski definition) is 4. The fourth-order valence-corrected chi connectivity index (χ4v) is 3.40. The molecular formula is C16H29N3O. The minimum Gasteiger partial charge on any atom is -0.425 e. The highest BCUT2D eigenvalue weighted by Gasteiger charge is 2.40. The summed E-state index contributed by atoms with van der Waals surface area (Å²) in [7, 11) is 0. The Bertz CT molecular complexity index is 394. The van der Waals surface area contributed by atoms with Crippen LogP contribution in [-0.2, 0) is 11.8 Å². The standard InChI is InChI=1S/C16H29N3O/c1-4-10-17-11-7-14-18-19-15(20-14)16(12-13(2)3)8-5-6-9-16/h13,17H,4-12H2,1-3H3. The van der Waals surface area contributed by atoms with Gasteiger partial charge in [0.2, 0.25) is 11.8 Å². The third-order valence-electron chi connectivity index (χ3n) is 4.22. The zero-order chi connectivity index (χ0) is 14.4. The van der Waals surface area contributed by atoms with Crippen LogP contribution in [0.25, 0.3) is 0 Å². The van der Waals surface area contributed by atoms with E-state index in [0.29, 0.717) is 5.92 Å². The molecule has 20 heavy (non-hydrogen) atoms. The zero-order valence-electron chi connectivity index (χ0n) is 13.2. The van der Waals surface area contributed by atoms with Crippen LogP contribution in [0, 0.1) is 5.92 Å². The Hall–Kier alpha value is -0.900. The fourth-order valence-electron chi connectivity index (χ4n) is 3.40. The van der Waals surface area contributed by atoms with Crippen molar-refractivity contribution in [3.05, 3.63) is 11.8 Å². The second-order valence-corrected chi connectivity index (χ2v) is 6.59. The molecule has 0 saturated heterocycles. The molecule has 114 valence electrons. The van der Waals surface area contributed by atoms with Gasteiger partial charge < -0.3 is 9.73 Å². The van der Waals surface area contributed by atoms with Crippen LogP contribution in [-0.4, -0.2) is 23.3 Å².